The fourth-order valence-electron chi connectivity index (χ4n) is 2.05. The molecule has 0 radical (unpaired) electrons. The lowest BCUT2D eigenvalue weighted by Crippen LogP contribution is -2.42. The molecule has 5 nitrogen and oxygen atoms in total. The van der Waals surface area contributed by atoms with E-state index >= 15 is 0 Å². The van der Waals surface area contributed by atoms with Gasteiger partial charge in [0, 0.05) is 6.42 Å². The number of benzene rings is 1. The van der Waals surface area contributed by atoms with Crippen molar-refractivity contribution in [2.45, 2.75) is 25.3 Å². The highest BCUT2D eigenvalue weighted by Crippen LogP contribution is 2.31. The number of hydrazine groups is 1. The summed E-state index contributed by atoms with van der Waals surface area (Å²) < 4.78 is 0. The SMILES string of the molecule is O=C1CCCC(c2ccccc2)N1[N+](=O)[O-]. The largest absolute Gasteiger partial charge is 0.284 e. The molecule has 0 bridgehead atoms. The zero-order valence-electron chi connectivity index (χ0n) is 8.70. The van der Waals surface area contributed by atoms with Gasteiger partial charge in [0.25, 0.3) is 5.91 Å². The Morgan fingerprint density at radius 2 is 2.00 bits per heavy atom. The molecule has 0 aromatic heterocycles. The van der Waals surface area contributed by atoms with Crippen LogP contribution < -0.4 is 0 Å². The molecule has 16 heavy (non-hydrogen) atoms. The van der Waals surface area contributed by atoms with Crippen LogP contribution in [0.3, 0.4) is 0 Å². The molecule has 2 rings (SSSR count). The summed E-state index contributed by atoms with van der Waals surface area (Å²) in [5.74, 6) is -0.398. The van der Waals surface area contributed by atoms with Gasteiger partial charge in [0.15, 0.2) is 5.03 Å². The van der Waals surface area contributed by atoms with Crippen LogP contribution in [0.15, 0.2) is 30.3 Å². The molecule has 1 heterocycles. The quantitative estimate of drug-likeness (QED) is 0.565. The fourth-order valence-corrected chi connectivity index (χ4v) is 2.05. The Balaban J connectivity index is 2.31. The van der Waals surface area contributed by atoms with E-state index in [4.69, 9.17) is 0 Å². The number of nitro groups is 1. The Morgan fingerprint density at radius 3 is 2.62 bits per heavy atom. The van der Waals surface area contributed by atoms with E-state index in [-0.39, 0.29) is 6.42 Å². The first kappa shape index (κ1) is 10.6. The zero-order chi connectivity index (χ0) is 11.5. The number of hydrogen-bond acceptors (Lipinski definition) is 3. The third-order valence-corrected chi connectivity index (χ3v) is 2.78. The van der Waals surface area contributed by atoms with E-state index in [1.165, 1.54) is 0 Å². The third kappa shape index (κ3) is 1.88. The second kappa shape index (κ2) is 4.30. The van der Waals surface area contributed by atoms with Gasteiger partial charge < -0.3 is 0 Å². The molecule has 0 spiro atoms. The Hall–Kier alpha value is -1.91. The highest BCUT2D eigenvalue weighted by Gasteiger charge is 2.37. The molecule has 1 aliphatic heterocycles. The lowest BCUT2D eigenvalue weighted by Gasteiger charge is -2.27. The lowest BCUT2D eigenvalue weighted by atomic mass is 9.96. The summed E-state index contributed by atoms with van der Waals surface area (Å²) in [6.45, 7) is 0. The van der Waals surface area contributed by atoms with Crippen molar-refractivity contribution in [2.24, 2.45) is 0 Å². The molecule has 1 fully saturated rings. The average Bonchev–Trinajstić information content (AvgIpc) is 2.29. The first-order chi connectivity index (χ1) is 7.70. The Morgan fingerprint density at radius 1 is 1.31 bits per heavy atom. The Kier molecular flexibility index (Phi) is 2.85. The van der Waals surface area contributed by atoms with Gasteiger partial charge in [-0.3, -0.25) is 4.79 Å². The average molecular weight is 220 g/mol. The second-order valence-electron chi connectivity index (χ2n) is 3.79. The molecule has 0 saturated carbocycles. The van der Waals surface area contributed by atoms with E-state index < -0.39 is 17.0 Å². The number of rotatable bonds is 2. The zero-order valence-corrected chi connectivity index (χ0v) is 8.70. The van der Waals surface area contributed by atoms with Crippen molar-refractivity contribution in [3.63, 3.8) is 0 Å². The molecule has 1 aliphatic rings. The normalized spacial score (nSPS) is 20.9. The van der Waals surface area contributed by atoms with Gasteiger partial charge >= 0.3 is 0 Å². The summed E-state index contributed by atoms with van der Waals surface area (Å²) in [5, 5.41) is 11.0. The number of hydrogen-bond donors (Lipinski definition) is 0. The minimum absolute atomic E-state index is 0.268. The van der Waals surface area contributed by atoms with Crippen LogP contribution in [0.5, 0.6) is 0 Å². The maximum absolute atomic E-state index is 11.5. The van der Waals surface area contributed by atoms with E-state index in [2.05, 4.69) is 0 Å². The lowest BCUT2D eigenvalue weighted by molar-refractivity contribution is -0.646. The van der Waals surface area contributed by atoms with E-state index in [0.29, 0.717) is 12.8 Å². The van der Waals surface area contributed by atoms with Crippen molar-refractivity contribution >= 4 is 5.91 Å². The summed E-state index contributed by atoms with van der Waals surface area (Å²) in [6, 6.07) is 8.72. The van der Waals surface area contributed by atoms with Crippen LogP contribution in [0, 0.1) is 10.1 Å². The minimum atomic E-state index is -0.598. The van der Waals surface area contributed by atoms with Crippen molar-refractivity contribution in [3.05, 3.63) is 46.0 Å². The summed E-state index contributed by atoms with van der Waals surface area (Å²) in [5.41, 5.74) is 0.826. The number of carbonyl (C=O) groups is 1. The summed E-state index contributed by atoms with van der Waals surface area (Å²) >= 11 is 0. The molecule has 1 atom stereocenters. The van der Waals surface area contributed by atoms with Gasteiger partial charge in [0.2, 0.25) is 0 Å². The maximum Gasteiger partial charge on any atom is 0.284 e. The third-order valence-electron chi connectivity index (χ3n) is 2.78. The van der Waals surface area contributed by atoms with E-state index in [1.54, 1.807) is 0 Å². The van der Waals surface area contributed by atoms with Crippen LogP contribution in [0.25, 0.3) is 0 Å². The first-order valence-electron chi connectivity index (χ1n) is 5.21. The second-order valence-corrected chi connectivity index (χ2v) is 3.79. The molecule has 1 amide bonds. The topological polar surface area (TPSA) is 63.5 Å². The molecule has 1 saturated heterocycles. The number of piperidine rings is 1. The molecule has 1 unspecified atom stereocenters. The summed E-state index contributed by atoms with van der Waals surface area (Å²) in [4.78, 5) is 22.4. The van der Waals surface area contributed by atoms with Crippen molar-refractivity contribution in [1.29, 1.82) is 0 Å². The molecule has 5 heteroatoms. The van der Waals surface area contributed by atoms with E-state index in [0.717, 1.165) is 10.6 Å². The predicted molar refractivity (Wildman–Crippen MR) is 56.9 cm³/mol. The maximum atomic E-state index is 11.5. The number of nitrogens with zero attached hydrogens (tertiary/aromatic N) is 2. The first-order valence-corrected chi connectivity index (χ1v) is 5.21. The van der Waals surface area contributed by atoms with Crippen LogP contribution in [0.4, 0.5) is 0 Å². The molecule has 0 aliphatic carbocycles. The van der Waals surface area contributed by atoms with Crippen LogP contribution in [-0.4, -0.2) is 15.9 Å². The Bertz CT molecular complexity index is 405. The summed E-state index contributed by atoms with van der Waals surface area (Å²) in [7, 11) is 0. The highest BCUT2D eigenvalue weighted by molar-refractivity contribution is 5.76. The van der Waals surface area contributed by atoms with Crippen molar-refractivity contribution in [1.82, 2.24) is 5.01 Å². The van der Waals surface area contributed by atoms with E-state index in [1.807, 2.05) is 30.3 Å². The van der Waals surface area contributed by atoms with Gasteiger partial charge in [-0.25, -0.2) is 10.1 Å². The van der Waals surface area contributed by atoms with Crippen molar-refractivity contribution < 1.29 is 9.83 Å². The molecule has 1 aromatic carbocycles. The van der Waals surface area contributed by atoms with Crippen LogP contribution in [-0.2, 0) is 4.79 Å². The molecule has 1 aromatic rings. The van der Waals surface area contributed by atoms with Crippen LogP contribution in [0.2, 0.25) is 0 Å². The summed E-state index contributed by atoms with van der Waals surface area (Å²) in [6.07, 6.45) is 1.63. The predicted octanol–water partition coefficient (Wildman–Crippen LogP) is 1.93. The van der Waals surface area contributed by atoms with Crippen molar-refractivity contribution in [2.75, 3.05) is 0 Å². The number of carbonyl (C=O) groups excluding carboxylic acids is 1. The standard InChI is InChI=1S/C11H12N2O3/c14-11-8-4-7-10(12(11)13(15)16)9-5-2-1-3-6-9/h1-3,5-6,10H,4,7-8H2. The molecule has 84 valence electrons. The smallest absolute Gasteiger partial charge is 0.269 e. The van der Waals surface area contributed by atoms with Gasteiger partial charge in [0.05, 0.1) is 0 Å². The van der Waals surface area contributed by atoms with Gasteiger partial charge in [-0.05, 0) is 18.4 Å². The van der Waals surface area contributed by atoms with E-state index in [9.17, 15) is 14.9 Å². The fraction of sp³-hybridized carbons (Fsp3) is 0.364. The molecular weight excluding hydrogens is 208 g/mol. The number of amides is 1. The van der Waals surface area contributed by atoms with Crippen molar-refractivity contribution in [3.8, 4) is 0 Å². The van der Waals surface area contributed by atoms with Crippen LogP contribution in [0.1, 0.15) is 30.9 Å². The van der Waals surface area contributed by atoms with Gasteiger partial charge in [-0.2, -0.15) is 0 Å². The molecule has 0 N–H and O–H groups in total. The highest BCUT2D eigenvalue weighted by atomic mass is 16.7. The van der Waals surface area contributed by atoms with Gasteiger partial charge in [0.1, 0.15) is 6.04 Å². The monoisotopic (exact) mass is 220 g/mol. The van der Waals surface area contributed by atoms with Gasteiger partial charge in [-0.15, -0.1) is 0 Å². The van der Waals surface area contributed by atoms with Crippen LogP contribution >= 0.6 is 0 Å². The molecular formula is C11H12N2O3. The van der Waals surface area contributed by atoms with Gasteiger partial charge in [-0.1, -0.05) is 35.3 Å². The minimum Gasteiger partial charge on any atom is -0.269 e. The Labute approximate surface area is 92.8 Å².